The van der Waals surface area contributed by atoms with Gasteiger partial charge in [-0.3, -0.25) is 4.79 Å². The molecule has 0 N–H and O–H groups in total. The standard InChI is InChI=1S/C17H23ClN4O3S/c1-3-21(12-13(2)11-19)17(23)14-6-9-22(10-7-14)26(24,25)15-5-4-8-20-16(15)18/h4-5,8,13-14H,3,6-7,9-10,12H2,1-2H3. The highest BCUT2D eigenvalue weighted by Gasteiger charge is 2.34. The molecule has 1 aromatic heterocycles. The van der Waals surface area contributed by atoms with Gasteiger partial charge in [0, 0.05) is 38.3 Å². The number of hydrogen-bond acceptors (Lipinski definition) is 5. The number of carbonyl (C=O) groups excluding carboxylic acids is 1. The van der Waals surface area contributed by atoms with E-state index in [0.717, 1.165) is 0 Å². The highest BCUT2D eigenvalue weighted by molar-refractivity contribution is 7.89. The Hall–Kier alpha value is -1.69. The smallest absolute Gasteiger partial charge is 0.246 e. The number of halogens is 1. The number of piperidine rings is 1. The summed E-state index contributed by atoms with van der Waals surface area (Å²) in [6, 6.07) is 5.10. The molecule has 0 bridgehead atoms. The van der Waals surface area contributed by atoms with Crippen LogP contribution in [0.5, 0.6) is 0 Å². The molecule has 1 aliphatic heterocycles. The number of rotatable bonds is 6. The van der Waals surface area contributed by atoms with Crippen molar-refractivity contribution in [3.63, 3.8) is 0 Å². The Balaban J connectivity index is 2.03. The van der Waals surface area contributed by atoms with Gasteiger partial charge in [0.2, 0.25) is 15.9 Å². The van der Waals surface area contributed by atoms with Crippen molar-refractivity contribution in [3.05, 3.63) is 23.5 Å². The Morgan fingerprint density at radius 3 is 2.69 bits per heavy atom. The SMILES string of the molecule is CCN(CC(C)C#N)C(=O)C1CCN(S(=O)(=O)c2cccnc2Cl)CC1. The van der Waals surface area contributed by atoms with E-state index in [1.165, 1.54) is 22.6 Å². The summed E-state index contributed by atoms with van der Waals surface area (Å²) in [5.41, 5.74) is 0. The molecular weight excluding hydrogens is 376 g/mol. The summed E-state index contributed by atoms with van der Waals surface area (Å²) in [7, 11) is -3.72. The molecule has 1 fully saturated rings. The van der Waals surface area contributed by atoms with E-state index in [1.54, 1.807) is 11.8 Å². The van der Waals surface area contributed by atoms with Gasteiger partial charge in [-0.2, -0.15) is 9.57 Å². The number of carbonyl (C=O) groups is 1. The second kappa shape index (κ2) is 8.80. The zero-order valence-corrected chi connectivity index (χ0v) is 16.5. The molecule has 142 valence electrons. The lowest BCUT2D eigenvalue weighted by Gasteiger charge is -2.33. The van der Waals surface area contributed by atoms with Gasteiger partial charge in [0.05, 0.1) is 12.0 Å². The lowest BCUT2D eigenvalue weighted by atomic mass is 9.96. The number of nitrogens with zero attached hydrogens (tertiary/aromatic N) is 4. The molecule has 0 saturated carbocycles. The molecule has 26 heavy (non-hydrogen) atoms. The molecule has 0 aromatic carbocycles. The van der Waals surface area contributed by atoms with Gasteiger partial charge < -0.3 is 4.90 Å². The normalized spacial score (nSPS) is 17.5. The second-order valence-corrected chi connectivity index (χ2v) is 8.64. The Kier molecular flexibility index (Phi) is 6.98. The van der Waals surface area contributed by atoms with Crippen LogP contribution in [0.3, 0.4) is 0 Å². The van der Waals surface area contributed by atoms with E-state index < -0.39 is 10.0 Å². The van der Waals surface area contributed by atoms with Crippen molar-refractivity contribution in [2.45, 2.75) is 31.6 Å². The fourth-order valence-electron chi connectivity index (χ4n) is 3.05. The minimum absolute atomic E-state index is 0.00828. The minimum Gasteiger partial charge on any atom is -0.341 e. The number of aromatic nitrogens is 1. The van der Waals surface area contributed by atoms with Gasteiger partial charge in [-0.05, 0) is 38.8 Å². The van der Waals surface area contributed by atoms with Crippen LogP contribution in [-0.2, 0) is 14.8 Å². The zero-order valence-electron chi connectivity index (χ0n) is 14.9. The largest absolute Gasteiger partial charge is 0.341 e. The maximum Gasteiger partial charge on any atom is 0.246 e. The van der Waals surface area contributed by atoms with Crippen molar-refractivity contribution in [1.29, 1.82) is 5.26 Å². The number of pyridine rings is 1. The van der Waals surface area contributed by atoms with Gasteiger partial charge in [-0.25, -0.2) is 13.4 Å². The van der Waals surface area contributed by atoms with Crippen LogP contribution in [0.1, 0.15) is 26.7 Å². The first-order chi connectivity index (χ1) is 12.3. The van der Waals surface area contributed by atoms with Crippen LogP contribution < -0.4 is 0 Å². The molecule has 1 saturated heterocycles. The van der Waals surface area contributed by atoms with Gasteiger partial charge in [-0.1, -0.05) is 11.6 Å². The van der Waals surface area contributed by atoms with Crippen molar-refractivity contribution in [2.24, 2.45) is 11.8 Å². The fourth-order valence-corrected chi connectivity index (χ4v) is 4.95. The van der Waals surface area contributed by atoms with Crippen LogP contribution in [0.2, 0.25) is 5.15 Å². The summed E-state index contributed by atoms with van der Waals surface area (Å²) in [6.45, 7) is 5.11. The molecule has 1 atom stereocenters. The third-order valence-electron chi connectivity index (χ3n) is 4.55. The van der Waals surface area contributed by atoms with Gasteiger partial charge in [-0.15, -0.1) is 0 Å². The number of sulfonamides is 1. The average molecular weight is 399 g/mol. The van der Waals surface area contributed by atoms with Crippen LogP contribution in [0.4, 0.5) is 0 Å². The second-order valence-electron chi connectivity index (χ2n) is 6.38. The molecule has 0 radical (unpaired) electrons. The summed E-state index contributed by atoms with van der Waals surface area (Å²) < 4.78 is 26.8. The maximum absolute atomic E-state index is 12.7. The van der Waals surface area contributed by atoms with Gasteiger partial charge in [0.15, 0.2) is 0 Å². The first kappa shape index (κ1) is 20.6. The summed E-state index contributed by atoms with van der Waals surface area (Å²) in [5, 5.41) is 8.90. The van der Waals surface area contributed by atoms with Gasteiger partial charge in [0.1, 0.15) is 10.0 Å². The highest BCUT2D eigenvalue weighted by Crippen LogP contribution is 2.27. The van der Waals surface area contributed by atoms with E-state index in [2.05, 4.69) is 11.1 Å². The van der Waals surface area contributed by atoms with Crippen LogP contribution in [0.25, 0.3) is 0 Å². The predicted molar refractivity (Wildman–Crippen MR) is 97.8 cm³/mol. The summed E-state index contributed by atoms with van der Waals surface area (Å²) in [6.07, 6.45) is 2.34. The molecule has 9 heteroatoms. The first-order valence-electron chi connectivity index (χ1n) is 8.60. The average Bonchev–Trinajstić information content (AvgIpc) is 2.65. The monoisotopic (exact) mass is 398 g/mol. The summed E-state index contributed by atoms with van der Waals surface area (Å²) >= 11 is 5.93. The van der Waals surface area contributed by atoms with Crippen LogP contribution in [-0.4, -0.2) is 54.7 Å². The van der Waals surface area contributed by atoms with Crippen molar-refractivity contribution >= 4 is 27.5 Å². The topological polar surface area (TPSA) is 94.4 Å². The molecule has 0 aliphatic carbocycles. The number of nitriles is 1. The van der Waals surface area contributed by atoms with E-state index in [1.807, 2.05) is 6.92 Å². The van der Waals surface area contributed by atoms with Crippen LogP contribution >= 0.6 is 11.6 Å². The molecule has 2 rings (SSSR count). The van der Waals surface area contributed by atoms with E-state index in [0.29, 0.717) is 25.9 Å². The van der Waals surface area contributed by atoms with E-state index in [9.17, 15) is 13.2 Å². The van der Waals surface area contributed by atoms with Crippen molar-refractivity contribution < 1.29 is 13.2 Å². The Bertz CT molecular complexity index is 785. The lowest BCUT2D eigenvalue weighted by molar-refractivity contribution is -0.136. The lowest BCUT2D eigenvalue weighted by Crippen LogP contribution is -2.45. The maximum atomic E-state index is 12.7. The Labute approximate surface area is 159 Å². The molecule has 0 spiro atoms. The summed E-state index contributed by atoms with van der Waals surface area (Å²) in [4.78, 5) is 18.2. The van der Waals surface area contributed by atoms with E-state index in [4.69, 9.17) is 16.9 Å². The zero-order chi connectivity index (χ0) is 19.3. The van der Waals surface area contributed by atoms with Crippen molar-refractivity contribution in [2.75, 3.05) is 26.2 Å². The minimum atomic E-state index is -3.72. The van der Waals surface area contributed by atoms with Crippen molar-refractivity contribution in [1.82, 2.24) is 14.2 Å². The van der Waals surface area contributed by atoms with Gasteiger partial charge in [0.25, 0.3) is 0 Å². The van der Waals surface area contributed by atoms with Crippen LogP contribution in [0.15, 0.2) is 23.2 Å². The third kappa shape index (κ3) is 4.53. The number of amides is 1. The van der Waals surface area contributed by atoms with E-state index in [-0.39, 0.29) is 40.9 Å². The molecule has 1 aromatic rings. The predicted octanol–water partition coefficient (Wildman–Crippen LogP) is 2.14. The van der Waals surface area contributed by atoms with Crippen molar-refractivity contribution in [3.8, 4) is 6.07 Å². The van der Waals surface area contributed by atoms with E-state index >= 15 is 0 Å². The molecule has 1 unspecified atom stereocenters. The quantitative estimate of drug-likeness (QED) is 0.684. The highest BCUT2D eigenvalue weighted by atomic mass is 35.5. The molecule has 2 heterocycles. The van der Waals surface area contributed by atoms with Gasteiger partial charge >= 0.3 is 0 Å². The third-order valence-corrected chi connectivity index (χ3v) is 6.90. The molecule has 1 amide bonds. The molecule has 1 aliphatic rings. The molecular formula is C17H23ClN4O3S. The Morgan fingerprint density at radius 1 is 1.50 bits per heavy atom. The number of hydrogen-bond donors (Lipinski definition) is 0. The van der Waals surface area contributed by atoms with Crippen LogP contribution in [0, 0.1) is 23.2 Å². The first-order valence-corrected chi connectivity index (χ1v) is 10.4. The molecule has 7 nitrogen and oxygen atoms in total. The fraction of sp³-hybridized carbons (Fsp3) is 0.588. The summed E-state index contributed by atoms with van der Waals surface area (Å²) in [5.74, 6) is -0.463. The Morgan fingerprint density at radius 2 is 2.15 bits per heavy atom.